The first-order chi connectivity index (χ1) is 7.58. The number of hydrogen-bond acceptors (Lipinski definition) is 1. The van der Waals surface area contributed by atoms with Crippen molar-refractivity contribution in [2.45, 2.75) is 44.7 Å². The highest BCUT2D eigenvalue weighted by atomic mass is 35.5. The fourth-order valence-electron chi connectivity index (χ4n) is 1.90. The van der Waals surface area contributed by atoms with Gasteiger partial charge in [0, 0.05) is 17.1 Å². The zero-order valence-corrected chi connectivity index (χ0v) is 10.4. The van der Waals surface area contributed by atoms with Crippen LogP contribution in [0.5, 0.6) is 0 Å². The molecule has 0 radical (unpaired) electrons. The maximum absolute atomic E-state index is 13.2. The molecule has 0 spiro atoms. The Labute approximate surface area is 101 Å². The fourth-order valence-corrected chi connectivity index (χ4v) is 2.19. The van der Waals surface area contributed by atoms with E-state index in [1.165, 1.54) is 25.0 Å². The Morgan fingerprint density at radius 3 is 2.69 bits per heavy atom. The van der Waals surface area contributed by atoms with Gasteiger partial charge in [-0.25, -0.2) is 4.39 Å². The molecule has 2 atom stereocenters. The molecule has 3 heteroatoms. The van der Waals surface area contributed by atoms with E-state index in [2.05, 4.69) is 19.2 Å². The van der Waals surface area contributed by atoms with Crippen LogP contribution in [0.25, 0.3) is 0 Å². The third kappa shape index (κ3) is 2.74. The quantitative estimate of drug-likeness (QED) is 0.847. The van der Waals surface area contributed by atoms with Gasteiger partial charge in [-0.15, -0.1) is 0 Å². The van der Waals surface area contributed by atoms with Gasteiger partial charge in [0.15, 0.2) is 0 Å². The standard InChI is InChI=1S/C13H17ClFN/c1-8(9(2)16-11-4-5-11)12-7-10(15)3-6-13(12)14/h3,6-9,11,16H,4-5H2,1-2H3. The second-order valence-corrected chi connectivity index (χ2v) is 5.09. The molecule has 1 aliphatic carbocycles. The van der Waals surface area contributed by atoms with E-state index >= 15 is 0 Å². The van der Waals surface area contributed by atoms with Gasteiger partial charge < -0.3 is 5.32 Å². The molecule has 2 rings (SSSR count). The van der Waals surface area contributed by atoms with Gasteiger partial charge in [-0.3, -0.25) is 0 Å². The number of hydrogen-bond donors (Lipinski definition) is 1. The van der Waals surface area contributed by atoms with Crippen LogP contribution in [-0.4, -0.2) is 12.1 Å². The predicted molar refractivity (Wildman–Crippen MR) is 65.4 cm³/mol. The molecule has 1 nitrogen and oxygen atoms in total. The minimum Gasteiger partial charge on any atom is -0.311 e. The Kier molecular flexibility index (Phi) is 3.50. The highest BCUT2D eigenvalue weighted by Crippen LogP contribution is 2.29. The molecule has 2 unspecified atom stereocenters. The van der Waals surface area contributed by atoms with E-state index in [1.807, 2.05) is 0 Å². The minimum absolute atomic E-state index is 0.218. The Hall–Kier alpha value is -0.600. The highest BCUT2D eigenvalue weighted by molar-refractivity contribution is 6.31. The van der Waals surface area contributed by atoms with Crippen molar-refractivity contribution in [3.05, 3.63) is 34.6 Å². The van der Waals surface area contributed by atoms with Crippen molar-refractivity contribution in [1.29, 1.82) is 0 Å². The number of rotatable bonds is 4. The maximum Gasteiger partial charge on any atom is 0.123 e. The SMILES string of the molecule is CC(NC1CC1)C(C)c1cc(F)ccc1Cl. The first kappa shape index (κ1) is 11.9. The Balaban J connectivity index is 2.11. The Morgan fingerprint density at radius 2 is 2.06 bits per heavy atom. The van der Waals surface area contributed by atoms with Crippen LogP contribution < -0.4 is 5.32 Å². The predicted octanol–water partition coefficient (Wildman–Crippen LogP) is 3.72. The van der Waals surface area contributed by atoms with Crippen LogP contribution in [0.1, 0.15) is 38.2 Å². The van der Waals surface area contributed by atoms with Gasteiger partial charge in [0.2, 0.25) is 0 Å². The summed E-state index contributed by atoms with van der Waals surface area (Å²) in [6.45, 7) is 4.21. The molecule has 0 aliphatic heterocycles. The van der Waals surface area contributed by atoms with E-state index in [0.29, 0.717) is 17.1 Å². The summed E-state index contributed by atoms with van der Waals surface area (Å²) < 4.78 is 13.2. The maximum atomic E-state index is 13.2. The number of benzene rings is 1. The monoisotopic (exact) mass is 241 g/mol. The van der Waals surface area contributed by atoms with Crippen LogP contribution >= 0.6 is 11.6 Å². The molecule has 0 amide bonds. The molecule has 1 aromatic carbocycles. The van der Waals surface area contributed by atoms with Crippen LogP contribution in [0.3, 0.4) is 0 Å². The molecule has 88 valence electrons. The lowest BCUT2D eigenvalue weighted by atomic mass is 9.94. The largest absolute Gasteiger partial charge is 0.311 e. The van der Waals surface area contributed by atoms with Crippen molar-refractivity contribution < 1.29 is 4.39 Å². The van der Waals surface area contributed by atoms with Crippen molar-refractivity contribution in [2.24, 2.45) is 0 Å². The Morgan fingerprint density at radius 1 is 1.38 bits per heavy atom. The van der Waals surface area contributed by atoms with Gasteiger partial charge >= 0.3 is 0 Å². The summed E-state index contributed by atoms with van der Waals surface area (Å²) in [5.74, 6) is 0.00803. The molecular formula is C13H17ClFN. The second-order valence-electron chi connectivity index (χ2n) is 4.68. The zero-order chi connectivity index (χ0) is 11.7. The molecule has 1 fully saturated rings. The van der Waals surface area contributed by atoms with Crippen LogP contribution in [0.15, 0.2) is 18.2 Å². The Bertz CT molecular complexity index is 376. The first-order valence-electron chi connectivity index (χ1n) is 5.79. The molecule has 16 heavy (non-hydrogen) atoms. The van der Waals surface area contributed by atoms with Gasteiger partial charge in [0.1, 0.15) is 5.82 Å². The topological polar surface area (TPSA) is 12.0 Å². The van der Waals surface area contributed by atoms with E-state index < -0.39 is 0 Å². The third-order valence-electron chi connectivity index (χ3n) is 3.27. The summed E-state index contributed by atoms with van der Waals surface area (Å²) in [4.78, 5) is 0. The molecule has 1 aliphatic rings. The summed E-state index contributed by atoms with van der Waals surface area (Å²) in [6, 6.07) is 5.55. The molecule has 1 saturated carbocycles. The lowest BCUT2D eigenvalue weighted by Gasteiger charge is -2.22. The highest BCUT2D eigenvalue weighted by Gasteiger charge is 2.26. The van der Waals surface area contributed by atoms with Gasteiger partial charge in [0.25, 0.3) is 0 Å². The molecule has 0 saturated heterocycles. The average Bonchev–Trinajstić information content (AvgIpc) is 3.04. The summed E-state index contributed by atoms with van der Waals surface area (Å²) in [7, 11) is 0. The van der Waals surface area contributed by atoms with Crippen molar-refractivity contribution in [2.75, 3.05) is 0 Å². The van der Waals surface area contributed by atoms with Gasteiger partial charge in [0.05, 0.1) is 0 Å². The van der Waals surface area contributed by atoms with Crippen LogP contribution in [0.4, 0.5) is 4.39 Å². The zero-order valence-electron chi connectivity index (χ0n) is 9.63. The van der Waals surface area contributed by atoms with Gasteiger partial charge in [-0.05, 0) is 49.4 Å². The fraction of sp³-hybridized carbons (Fsp3) is 0.538. The summed E-state index contributed by atoms with van der Waals surface area (Å²) in [5, 5.41) is 4.17. The van der Waals surface area contributed by atoms with Crippen LogP contribution in [-0.2, 0) is 0 Å². The third-order valence-corrected chi connectivity index (χ3v) is 3.62. The van der Waals surface area contributed by atoms with E-state index in [0.717, 1.165) is 5.56 Å². The minimum atomic E-state index is -0.218. The van der Waals surface area contributed by atoms with Gasteiger partial charge in [-0.1, -0.05) is 18.5 Å². The lowest BCUT2D eigenvalue weighted by molar-refractivity contribution is 0.477. The smallest absolute Gasteiger partial charge is 0.123 e. The second kappa shape index (κ2) is 4.72. The summed E-state index contributed by atoms with van der Waals surface area (Å²) >= 11 is 6.09. The molecule has 1 aromatic rings. The molecule has 1 N–H and O–H groups in total. The van der Waals surface area contributed by atoms with Crippen molar-refractivity contribution in [3.63, 3.8) is 0 Å². The summed E-state index contributed by atoms with van der Waals surface area (Å²) in [5.41, 5.74) is 0.891. The molecule has 0 aromatic heterocycles. The van der Waals surface area contributed by atoms with Crippen molar-refractivity contribution in [3.8, 4) is 0 Å². The van der Waals surface area contributed by atoms with Gasteiger partial charge in [-0.2, -0.15) is 0 Å². The lowest BCUT2D eigenvalue weighted by Crippen LogP contribution is -2.32. The van der Waals surface area contributed by atoms with E-state index in [1.54, 1.807) is 6.07 Å². The van der Waals surface area contributed by atoms with E-state index in [9.17, 15) is 4.39 Å². The van der Waals surface area contributed by atoms with E-state index in [-0.39, 0.29) is 11.7 Å². The normalized spacial score (nSPS) is 19.5. The molecule has 0 bridgehead atoms. The average molecular weight is 242 g/mol. The van der Waals surface area contributed by atoms with Crippen molar-refractivity contribution >= 4 is 11.6 Å². The number of halogens is 2. The summed E-state index contributed by atoms with van der Waals surface area (Å²) in [6.07, 6.45) is 2.52. The first-order valence-corrected chi connectivity index (χ1v) is 6.16. The number of nitrogens with one attached hydrogen (secondary N) is 1. The van der Waals surface area contributed by atoms with Crippen molar-refractivity contribution in [1.82, 2.24) is 5.32 Å². The van der Waals surface area contributed by atoms with E-state index in [4.69, 9.17) is 11.6 Å². The molecular weight excluding hydrogens is 225 g/mol. The van der Waals surface area contributed by atoms with Crippen LogP contribution in [0, 0.1) is 5.82 Å². The van der Waals surface area contributed by atoms with Crippen LogP contribution in [0.2, 0.25) is 5.02 Å². The molecule has 0 heterocycles.